The smallest absolute Gasteiger partial charge is 0.247 e. The normalized spacial score (nSPS) is 14.0. The zero-order valence-corrected chi connectivity index (χ0v) is 35.3. The second-order valence-electron chi connectivity index (χ2n) is 14.7. The van der Waals surface area contributed by atoms with Gasteiger partial charge in [0.15, 0.2) is 53.7 Å². The van der Waals surface area contributed by atoms with Crippen LogP contribution in [0.2, 0.25) is 0 Å². The molecule has 5 aromatic rings. The van der Waals surface area contributed by atoms with Crippen molar-refractivity contribution in [3.8, 4) is 28.5 Å². The number of carbonyl (C=O) groups is 2. The summed E-state index contributed by atoms with van der Waals surface area (Å²) in [7, 11) is -8.81. The van der Waals surface area contributed by atoms with Crippen LogP contribution in [0, 0.1) is 20.4 Å². The maximum absolute atomic E-state index is 13.2. The average Bonchev–Trinajstić information content (AvgIpc) is 3.74. The third-order valence-electron chi connectivity index (χ3n) is 9.96. The molecule has 0 bridgehead atoms. The van der Waals surface area contributed by atoms with Crippen LogP contribution >= 0.6 is 0 Å². The molecule has 60 heavy (non-hydrogen) atoms. The number of carbonyl (C=O) groups excluding carboxylic acids is 2. The number of H-pyrrole nitrogens is 1. The lowest BCUT2D eigenvalue weighted by atomic mass is 9.96. The van der Waals surface area contributed by atoms with Crippen molar-refractivity contribution in [1.82, 2.24) is 30.1 Å². The van der Waals surface area contributed by atoms with Gasteiger partial charge in [-0.2, -0.15) is 5.10 Å². The number of pyridine rings is 1. The molecule has 1 aliphatic rings. The fourth-order valence-electron chi connectivity index (χ4n) is 6.85. The highest BCUT2D eigenvalue weighted by molar-refractivity contribution is 8.08. The van der Waals surface area contributed by atoms with E-state index in [-0.39, 0.29) is 23.8 Å². The van der Waals surface area contributed by atoms with E-state index in [1.165, 1.54) is 36.7 Å². The zero-order valence-electron chi connectivity index (χ0n) is 33.6. The van der Waals surface area contributed by atoms with Crippen LogP contribution in [0.4, 0.5) is 17.3 Å². The number of likely N-dealkylation sites (N-methyl/N-ethyl adjacent to an activating group) is 1. The number of aromatic amines is 1. The van der Waals surface area contributed by atoms with Gasteiger partial charge in [0.05, 0.1) is 42.3 Å². The van der Waals surface area contributed by atoms with Crippen molar-refractivity contribution in [2.24, 2.45) is 0 Å². The molecule has 0 fully saturated rings. The zero-order chi connectivity index (χ0) is 43.2. The fraction of sp³-hybridized carbons (Fsp3) is 0.366. The first-order valence-electron chi connectivity index (χ1n) is 19.1. The molecule has 1 amide bonds. The highest BCUT2D eigenvalue weighted by atomic mass is 32.3. The minimum absolute atomic E-state index is 0.0766. The monoisotopic (exact) mass is 855 g/mol. The Hall–Kier alpha value is -6.10. The van der Waals surface area contributed by atoms with Crippen LogP contribution in [-0.4, -0.2) is 106 Å². The molecule has 3 aromatic heterocycles. The van der Waals surface area contributed by atoms with E-state index in [1.54, 1.807) is 30.2 Å². The predicted octanol–water partition coefficient (Wildman–Crippen LogP) is 4.62. The van der Waals surface area contributed by atoms with E-state index in [2.05, 4.69) is 25.0 Å². The van der Waals surface area contributed by atoms with Crippen LogP contribution in [0.25, 0.3) is 27.6 Å². The van der Waals surface area contributed by atoms with Crippen molar-refractivity contribution in [3.05, 3.63) is 95.4 Å². The topological polar surface area (TPSA) is 223 Å². The number of ether oxygens (including phenoxy) is 1. The summed E-state index contributed by atoms with van der Waals surface area (Å²) in [6.45, 7) is 15.2. The molecule has 0 aliphatic carbocycles. The first kappa shape index (κ1) is 43.5. The molecule has 0 saturated heterocycles. The molecule has 4 heterocycles. The van der Waals surface area contributed by atoms with E-state index in [4.69, 9.17) is 21.3 Å². The summed E-state index contributed by atoms with van der Waals surface area (Å²) in [5.41, 5.74) is 1.93. The number of Topliss-reactive ketones (excluding diaryl/α,β-unsaturated/α-hetero) is 1. The van der Waals surface area contributed by atoms with Crippen molar-refractivity contribution >= 4 is 48.7 Å². The summed E-state index contributed by atoms with van der Waals surface area (Å²) in [5, 5.41) is 16.2. The Kier molecular flexibility index (Phi) is 13.1. The summed E-state index contributed by atoms with van der Waals surface area (Å²) in [6, 6.07) is 13.8. The first-order valence-corrected chi connectivity index (χ1v) is 22.6. The molecule has 314 valence electrons. The van der Waals surface area contributed by atoms with Crippen LogP contribution in [0.15, 0.2) is 72.0 Å². The molecule has 1 atom stereocenters. The minimum Gasteiger partial charge on any atom is -0.494 e. The molecular formula is C41H45N9O8S2. The molecule has 2 aromatic carbocycles. The Bertz CT molecular complexity index is 2650. The van der Waals surface area contributed by atoms with Gasteiger partial charge in [-0.25, -0.2) is 41.6 Å². The van der Waals surface area contributed by atoms with Crippen molar-refractivity contribution in [2.75, 3.05) is 46.9 Å². The average molecular weight is 856 g/mol. The number of fused-ring (bicyclic) bond motifs is 1. The van der Waals surface area contributed by atoms with Gasteiger partial charge in [0.25, 0.3) is 0 Å². The van der Waals surface area contributed by atoms with Gasteiger partial charge in [-0.1, -0.05) is 18.2 Å². The maximum atomic E-state index is 13.2. The molecule has 2 N–H and O–H groups in total. The van der Waals surface area contributed by atoms with Gasteiger partial charge in [0.2, 0.25) is 5.91 Å². The van der Waals surface area contributed by atoms with E-state index in [9.17, 15) is 31.5 Å². The van der Waals surface area contributed by atoms with Gasteiger partial charge in [-0.3, -0.25) is 19.6 Å². The van der Waals surface area contributed by atoms with Crippen LogP contribution in [-0.2, 0) is 35.7 Å². The van der Waals surface area contributed by atoms with Gasteiger partial charge in [-0.15, -0.1) is 0 Å². The van der Waals surface area contributed by atoms with Crippen LogP contribution in [0.5, 0.6) is 5.75 Å². The lowest BCUT2D eigenvalue weighted by Gasteiger charge is -2.35. The van der Waals surface area contributed by atoms with Crippen LogP contribution in [0.3, 0.4) is 0 Å². The van der Waals surface area contributed by atoms with Crippen molar-refractivity contribution < 1.29 is 36.3 Å². The number of rotatable bonds is 18. The summed E-state index contributed by atoms with van der Waals surface area (Å²) < 4.78 is 57.9. The Morgan fingerprint density at radius 3 is 2.42 bits per heavy atom. The van der Waals surface area contributed by atoms with Crippen LogP contribution in [0.1, 0.15) is 49.9 Å². The number of nitrogens with one attached hydrogen (secondary N) is 1. The summed E-state index contributed by atoms with van der Waals surface area (Å²) in [5.74, 6) is 0.107. The van der Waals surface area contributed by atoms with E-state index < -0.39 is 41.9 Å². The molecule has 17 nitrogen and oxygen atoms in total. The van der Waals surface area contributed by atoms with Crippen molar-refractivity contribution in [1.29, 1.82) is 0 Å². The Morgan fingerprint density at radius 1 is 0.983 bits per heavy atom. The second-order valence-corrected chi connectivity index (χ2v) is 19.2. The van der Waals surface area contributed by atoms with E-state index in [1.807, 2.05) is 30.9 Å². The minimum atomic E-state index is -4.46. The van der Waals surface area contributed by atoms with E-state index in [0.29, 0.717) is 77.5 Å². The number of anilines is 2. The molecular weight excluding hydrogens is 811 g/mol. The molecule has 19 heteroatoms. The maximum Gasteiger partial charge on any atom is 0.247 e. The Labute approximate surface area is 348 Å². The van der Waals surface area contributed by atoms with Crippen molar-refractivity contribution in [3.63, 3.8) is 0 Å². The number of aryl methyl sites for hydroxylation is 2. The largest absolute Gasteiger partial charge is 0.494 e. The van der Waals surface area contributed by atoms with Crippen LogP contribution < -0.4 is 14.5 Å². The number of sulfone groups is 2. The number of benzene rings is 2. The lowest BCUT2D eigenvalue weighted by molar-refractivity contribution is -0.133. The number of nitrogens with zero attached hydrogens (tertiary/aromatic N) is 8. The Balaban J connectivity index is 0.982. The third-order valence-corrected chi connectivity index (χ3v) is 14.6. The van der Waals surface area contributed by atoms with E-state index in [0.717, 1.165) is 31.0 Å². The van der Waals surface area contributed by atoms with Gasteiger partial charge >= 0.3 is 0 Å². The van der Waals surface area contributed by atoms with Gasteiger partial charge < -0.3 is 14.7 Å². The second kappa shape index (κ2) is 18.0. The lowest BCUT2D eigenvalue weighted by Crippen LogP contribution is -2.47. The molecule has 0 unspecified atom stereocenters. The molecule has 0 saturated carbocycles. The quantitative estimate of drug-likeness (QED) is 0.0907. The summed E-state index contributed by atoms with van der Waals surface area (Å²) >= 11 is 0. The number of amides is 1. The Morgan fingerprint density at radius 2 is 1.75 bits per heavy atom. The summed E-state index contributed by atoms with van der Waals surface area (Å²) in [6.07, 6.45) is 4.97. The predicted molar refractivity (Wildman–Crippen MR) is 224 cm³/mol. The molecule has 6 rings (SSSR count). The standard InChI is InChI=1S/C41H45N9O8S2/c1-6-50-37(52)23-49(39-40(50)47-35(22-43-39)32-15-17-34(46-28(32)3)38-44-25-45-48-38)18-8-7-9-19-58-30-11-13-31(14-12-30)60(56,57)26-59(54,55)24-41(4,53)36(51)21-29-10-16-33(42-5)27(2)20-29/h10-17,20,22,25,53H,6-9,18-19,21,23-24,26H2,1-4H3,(H,44,45,48)/t41-/m0/s1. The first-order chi connectivity index (χ1) is 28.5. The number of hydrogen-bond acceptors (Lipinski definition) is 14. The third kappa shape index (κ3) is 10.2. The highest BCUT2D eigenvalue weighted by Crippen LogP contribution is 2.33. The highest BCUT2D eigenvalue weighted by Gasteiger charge is 2.38. The van der Waals surface area contributed by atoms with Gasteiger partial charge in [0.1, 0.15) is 23.4 Å². The molecule has 0 spiro atoms. The van der Waals surface area contributed by atoms with E-state index >= 15 is 0 Å². The fourth-order valence-corrected chi connectivity index (χ4v) is 11.2. The number of aromatic nitrogens is 6. The number of unbranched alkanes of at least 4 members (excludes halogenated alkanes) is 2. The van der Waals surface area contributed by atoms with Crippen molar-refractivity contribution in [2.45, 2.75) is 63.9 Å². The number of ketones is 1. The van der Waals surface area contributed by atoms with Gasteiger partial charge in [-0.05, 0) is 94.5 Å². The SMILES string of the molecule is [C-]#[N+]c1ccc(CC(=O)[C@@](C)(O)CS(=O)(=O)CS(=O)(=O)c2ccc(OCCCCCN3CC(=O)N(CC)c4nc(-c5ccc(-c6ncn[nH]6)nc5C)cnc43)cc2)cc1C. The number of hydrogen-bond donors (Lipinski definition) is 2. The van der Waals surface area contributed by atoms with Gasteiger partial charge in [0, 0.05) is 30.8 Å². The molecule has 1 aliphatic heterocycles. The number of aliphatic hydroxyl groups is 1. The summed E-state index contributed by atoms with van der Waals surface area (Å²) in [4.78, 5) is 51.1. The molecule has 0 radical (unpaired) electrons.